The molecule has 0 aliphatic heterocycles. The zero-order valence-corrected chi connectivity index (χ0v) is 11.6. The second-order valence-corrected chi connectivity index (χ2v) is 5.15. The Morgan fingerprint density at radius 2 is 2.26 bits per heavy atom. The number of nitrogens with zero attached hydrogens (tertiary/aromatic N) is 2. The molecule has 1 aromatic rings. The Morgan fingerprint density at radius 1 is 1.53 bits per heavy atom. The second kappa shape index (κ2) is 5.94. The summed E-state index contributed by atoms with van der Waals surface area (Å²) in [7, 11) is 1.72. The number of hydrogen-bond acceptors (Lipinski definition) is 4. The lowest BCUT2D eigenvalue weighted by Crippen LogP contribution is -2.37. The minimum Gasteiger partial charge on any atom is -0.398 e. The summed E-state index contributed by atoms with van der Waals surface area (Å²) in [6, 6.07) is 8.26. The van der Waals surface area contributed by atoms with Gasteiger partial charge in [0.05, 0.1) is 17.9 Å². The molecule has 0 spiro atoms. The molecule has 1 saturated carbocycles. The molecule has 1 aliphatic carbocycles. The van der Waals surface area contributed by atoms with Crippen molar-refractivity contribution in [2.45, 2.75) is 25.8 Å². The van der Waals surface area contributed by atoms with Crippen molar-refractivity contribution in [1.82, 2.24) is 0 Å². The zero-order chi connectivity index (χ0) is 13.8. The highest BCUT2D eigenvalue weighted by Gasteiger charge is 2.32. The number of hydrogen-bond donors (Lipinski definition) is 1. The van der Waals surface area contributed by atoms with Gasteiger partial charge in [0.15, 0.2) is 0 Å². The van der Waals surface area contributed by atoms with Gasteiger partial charge in [-0.1, -0.05) is 0 Å². The third-order valence-corrected chi connectivity index (χ3v) is 3.82. The van der Waals surface area contributed by atoms with Gasteiger partial charge >= 0.3 is 0 Å². The maximum Gasteiger partial charge on any atom is 0.101 e. The van der Waals surface area contributed by atoms with E-state index in [9.17, 15) is 0 Å². The van der Waals surface area contributed by atoms with Crippen LogP contribution in [0.25, 0.3) is 0 Å². The fourth-order valence-electron chi connectivity index (χ4n) is 2.42. The molecule has 0 saturated heterocycles. The number of nitrogens with two attached hydrogens (primary N) is 1. The molecule has 1 aromatic carbocycles. The van der Waals surface area contributed by atoms with Crippen molar-refractivity contribution in [3.8, 4) is 6.07 Å². The highest BCUT2D eigenvalue weighted by Crippen LogP contribution is 2.37. The average Bonchev–Trinajstić information content (AvgIpc) is 3.23. The number of anilines is 2. The molecule has 4 heteroatoms. The van der Waals surface area contributed by atoms with Gasteiger partial charge in [0.25, 0.3) is 0 Å². The topological polar surface area (TPSA) is 62.3 Å². The molecule has 0 aromatic heterocycles. The molecule has 0 bridgehead atoms. The molecule has 2 rings (SSSR count). The fraction of sp³-hybridized carbons (Fsp3) is 0.533. The van der Waals surface area contributed by atoms with Gasteiger partial charge in [0.2, 0.25) is 0 Å². The summed E-state index contributed by atoms with van der Waals surface area (Å²) < 4.78 is 5.19. The first-order chi connectivity index (χ1) is 9.17. The van der Waals surface area contributed by atoms with E-state index < -0.39 is 0 Å². The number of benzene rings is 1. The molecule has 2 N–H and O–H groups in total. The minimum atomic E-state index is 0.488. The lowest BCUT2D eigenvalue weighted by molar-refractivity contribution is 0.202. The Morgan fingerprint density at radius 3 is 2.79 bits per heavy atom. The Balaban J connectivity index is 2.21. The first-order valence-electron chi connectivity index (χ1n) is 6.72. The van der Waals surface area contributed by atoms with Gasteiger partial charge in [-0.05, 0) is 43.9 Å². The summed E-state index contributed by atoms with van der Waals surface area (Å²) >= 11 is 0. The standard InChI is InChI=1S/C15H21N3O/c1-11(12-3-4-12)18(7-8-19-2)14-6-5-13(10-16)15(17)9-14/h5-6,9,11-12H,3-4,7-8,17H2,1-2H3. The number of ether oxygens (including phenoxy) is 1. The van der Waals surface area contributed by atoms with Crippen LogP contribution in [0.15, 0.2) is 18.2 Å². The van der Waals surface area contributed by atoms with Gasteiger partial charge in [-0.25, -0.2) is 0 Å². The summed E-state index contributed by atoms with van der Waals surface area (Å²) in [5.41, 5.74) is 8.07. The van der Waals surface area contributed by atoms with Crippen LogP contribution in [0, 0.1) is 17.2 Å². The van der Waals surface area contributed by atoms with E-state index in [4.69, 9.17) is 15.7 Å². The van der Waals surface area contributed by atoms with E-state index in [0.717, 1.165) is 18.2 Å². The van der Waals surface area contributed by atoms with Crippen molar-refractivity contribution in [3.05, 3.63) is 23.8 Å². The van der Waals surface area contributed by atoms with E-state index in [-0.39, 0.29) is 0 Å². The molecule has 0 heterocycles. The fourth-order valence-corrected chi connectivity index (χ4v) is 2.42. The van der Waals surface area contributed by atoms with Gasteiger partial charge < -0.3 is 15.4 Å². The quantitative estimate of drug-likeness (QED) is 0.797. The summed E-state index contributed by atoms with van der Waals surface area (Å²) in [6.07, 6.45) is 2.60. The van der Waals surface area contributed by atoms with E-state index in [2.05, 4.69) is 17.9 Å². The van der Waals surface area contributed by atoms with E-state index in [1.807, 2.05) is 12.1 Å². The Kier molecular flexibility index (Phi) is 4.28. The van der Waals surface area contributed by atoms with Crippen LogP contribution in [0.2, 0.25) is 0 Å². The lowest BCUT2D eigenvalue weighted by atomic mass is 10.1. The van der Waals surface area contributed by atoms with Gasteiger partial charge in [0, 0.05) is 25.4 Å². The Hall–Kier alpha value is -1.73. The largest absolute Gasteiger partial charge is 0.398 e. The van der Waals surface area contributed by atoms with Gasteiger partial charge in [-0.2, -0.15) is 5.26 Å². The van der Waals surface area contributed by atoms with Crippen molar-refractivity contribution in [1.29, 1.82) is 5.26 Å². The van der Waals surface area contributed by atoms with E-state index in [1.54, 1.807) is 13.2 Å². The van der Waals surface area contributed by atoms with Gasteiger partial charge in [0.1, 0.15) is 6.07 Å². The molecule has 0 amide bonds. The molecule has 1 fully saturated rings. The molecule has 0 radical (unpaired) electrons. The number of rotatable bonds is 6. The normalized spacial score (nSPS) is 15.8. The van der Waals surface area contributed by atoms with Crippen LogP contribution in [-0.4, -0.2) is 26.3 Å². The molecule has 1 unspecified atom stereocenters. The Bertz CT molecular complexity index is 477. The van der Waals surface area contributed by atoms with Crippen molar-refractivity contribution in [2.75, 3.05) is 30.9 Å². The Labute approximate surface area is 114 Å². The van der Waals surface area contributed by atoms with Crippen LogP contribution in [-0.2, 0) is 4.74 Å². The smallest absolute Gasteiger partial charge is 0.101 e. The number of nitriles is 1. The highest BCUT2D eigenvalue weighted by atomic mass is 16.5. The average molecular weight is 259 g/mol. The number of nitrogen functional groups attached to an aromatic ring is 1. The second-order valence-electron chi connectivity index (χ2n) is 5.15. The summed E-state index contributed by atoms with van der Waals surface area (Å²) in [5, 5.41) is 8.93. The predicted octanol–water partition coefficient (Wildman–Crippen LogP) is 2.39. The molecule has 19 heavy (non-hydrogen) atoms. The van der Waals surface area contributed by atoms with E-state index in [1.165, 1.54) is 12.8 Å². The van der Waals surface area contributed by atoms with Crippen LogP contribution >= 0.6 is 0 Å². The van der Waals surface area contributed by atoms with Crippen LogP contribution in [0.5, 0.6) is 0 Å². The molecule has 1 aliphatic rings. The lowest BCUT2D eigenvalue weighted by Gasteiger charge is -2.31. The summed E-state index contributed by atoms with van der Waals surface area (Å²) in [5.74, 6) is 0.772. The van der Waals surface area contributed by atoms with Crippen molar-refractivity contribution < 1.29 is 4.74 Å². The van der Waals surface area contributed by atoms with Crippen molar-refractivity contribution in [3.63, 3.8) is 0 Å². The maximum atomic E-state index is 8.93. The SMILES string of the molecule is COCCN(c1ccc(C#N)c(N)c1)C(C)C1CC1. The minimum absolute atomic E-state index is 0.488. The highest BCUT2D eigenvalue weighted by molar-refractivity contribution is 5.64. The van der Waals surface area contributed by atoms with Crippen LogP contribution < -0.4 is 10.6 Å². The van der Waals surface area contributed by atoms with Crippen LogP contribution in [0.3, 0.4) is 0 Å². The molecule has 1 atom stereocenters. The van der Waals surface area contributed by atoms with Gasteiger partial charge in [-0.15, -0.1) is 0 Å². The summed E-state index contributed by atoms with van der Waals surface area (Å²) in [4.78, 5) is 2.33. The molecular weight excluding hydrogens is 238 g/mol. The number of methoxy groups -OCH3 is 1. The maximum absolute atomic E-state index is 8.93. The van der Waals surface area contributed by atoms with Crippen LogP contribution in [0.4, 0.5) is 11.4 Å². The van der Waals surface area contributed by atoms with E-state index >= 15 is 0 Å². The van der Waals surface area contributed by atoms with Crippen molar-refractivity contribution >= 4 is 11.4 Å². The zero-order valence-electron chi connectivity index (χ0n) is 11.6. The molecular formula is C15H21N3O. The summed E-state index contributed by atoms with van der Waals surface area (Å²) in [6.45, 7) is 3.79. The van der Waals surface area contributed by atoms with Gasteiger partial charge in [-0.3, -0.25) is 0 Å². The van der Waals surface area contributed by atoms with E-state index in [0.29, 0.717) is 23.9 Å². The molecule has 4 nitrogen and oxygen atoms in total. The molecule has 102 valence electrons. The van der Waals surface area contributed by atoms with Crippen LogP contribution in [0.1, 0.15) is 25.3 Å². The predicted molar refractivity (Wildman–Crippen MR) is 77.0 cm³/mol. The third-order valence-electron chi connectivity index (χ3n) is 3.82. The third kappa shape index (κ3) is 3.18. The monoisotopic (exact) mass is 259 g/mol. The first-order valence-corrected chi connectivity index (χ1v) is 6.72. The first kappa shape index (κ1) is 13.7. The van der Waals surface area contributed by atoms with Crippen molar-refractivity contribution in [2.24, 2.45) is 5.92 Å².